The summed E-state index contributed by atoms with van der Waals surface area (Å²) in [7, 11) is 0. The van der Waals surface area contributed by atoms with E-state index in [1.54, 1.807) is 0 Å². The second-order valence-corrected chi connectivity index (χ2v) is 6.24. The minimum atomic E-state index is -0.109. The summed E-state index contributed by atoms with van der Waals surface area (Å²) in [6, 6.07) is 5.81. The molecule has 1 aromatic carbocycles. The molecule has 4 nitrogen and oxygen atoms in total. The van der Waals surface area contributed by atoms with E-state index in [0.717, 1.165) is 23.5 Å². The number of hydrogen-bond donors (Lipinski definition) is 2. The summed E-state index contributed by atoms with van der Waals surface area (Å²) in [6.07, 6.45) is 2.44. The first-order valence-corrected chi connectivity index (χ1v) is 8.16. The van der Waals surface area contributed by atoms with Gasteiger partial charge in [-0.2, -0.15) is 0 Å². The Morgan fingerprint density at radius 1 is 1.43 bits per heavy atom. The van der Waals surface area contributed by atoms with Crippen molar-refractivity contribution in [2.45, 2.75) is 32.6 Å². The zero-order valence-electron chi connectivity index (χ0n) is 12.3. The molecule has 0 radical (unpaired) electrons. The molecule has 0 saturated heterocycles. The van der Waals surface area contributed by atoms with Crippen LogP contribution in [-0.4, -0.2) is 17.4 Å². The topological polar surface area (TPSA) is 54.0 Å². The molecule has 1 heterocycles. The van der Waals surface area contributed by atoms with Crippen molar-refractivity contribution in [1.29, 1.82) is 0 Å². The lowest BCUT2D eigenvalue weighted by Gasteiger charge is -2.11. The Morgan fingerprint density at radius 3 is 2.95 bits per heavy atom. The monoisotopic (exact) mass is 301 g/mol. The van der Waals surface area contributed by atoms with Crippen LogP contribution < -0.4 is 10.6 Å². The van der Waals surface area contributed by atoms with Crippen LogP contribution in [0.3, 0.4) is 0 Å². The van der Waals surface area contributed by atoms with Crippen LogP contribution >= 0.6 is 11.3 Å². The second-order valence-electron chi connectivity index (χ2n) is 5.39. The van der Waals surface area contributed by atoms with Crippen LogP contribution in [0.4, 0.5) is 10.8 Å². The van der Waals surface area contributed by atoms with Crippen LogP contribution in [0.25, 0.3) is 0 Å². The number of nitrogens with one attached hydrogen (secondary N) is 2. The molecular formula is C16H19N3OS. The van der Waals surface area contributed by atoms with Crippen molar-refractivity contribution in [3.63, 3.8) is 0 Å². The Kier molecular flexibility index (Phi) is 3.92. The molecule has 1 amide bonds. The van der Waals surface area contributed by atoms with E-state index in [1.807, 2.05) is 37.4 Å². The Labute approximate surface area is 128 Å². The maximum atomic E-state index is 12.4. The fraction of sp³-hybridized carbons (Fsp3) is 0.375. The van der Waals surface area contributed by atoms with Gasteiger partial charge in [-0.25, -0.2) is 4.98 Å². The zero-order valence-corrected chi connectivity index (χ0v) is 13.1. The molecule has 110 valence electrons. The summed E-state index contributed by atoms with van der Waals surface area (Å²) in [6.45, 7) is 4.82. The lowest BCUT2D eigenvalue weighted by molar-refractivity contribution is 0.102. The molecule has 2 aromatic rings. The fourth-order valence-corrected chi connectivity index (χ4v) is 3.05. The van der Waals surface area contributed by atoms with Gasteiger partial charge in [0.25, 0.3) is 5.91 Å². The quantitative estimate of drug-likeness (QED) is 0.877. The van der Waals surface area contributed by atoms with E-state index in [1.165, 1.54) is 24.2 Å². The lowest BCUT2D eigenvalue weighted by atomic mass is 10.1. The van der Waals surface area contributed by atoms with E-state index in [0.29, 0.717) is 16.6 Å². The standard InChI is InChI=1S/C16H19N3OS/c1-3-17-13-8-10(2)4-7-12(13)15(20)19-16-18-14(9-21-16)11-5-6-11/h4,7-9,11,17H,3,5-6H2,1-2H3,(H,18,19,20). The number of amides is 1. The van der Waals surface area contributed by atoms with E-state index in [4.69, 9.17) is 0 Å². The van der Waals surface area contributed by atoms with Gasteiger partial charge in [0.15, 0.2) is 5.13 Å². The van der Waals surface area contributed by atoms with Crippen molar-refractivity contribution in [3.8, 4) is 0 Å². The highest BCUT2D eigenvalue weighted by Gasteiger charge is 2.26. The van der Waals surface area contributed by atoms with Crippen molar-refractivity contribution in [3.05, 3.63) is 40.4 Å². The Hall–Kier alpha value is -1.88. The van der Waals surface area contributed by atoms with Gasteiger partial charge in [-0.1, -0.05) is 6.07 Å². The number of thiazole rings is 1. The minimum absolute atomic E-state index is 0.109. The smallest absolute Gasteiger partial charge is 0.259 e. The third kappa shape index (κ3) is 3.24. The molecule has 21 heavy (non-hydrogen) atoms. The molecule has 0 unspecified atom stereocenters. The first kappa shape index (κ1) is 14.1. The third-order valence-corrected chi connectivity index (χ3v) is 4.30. The summed E-state index contributed by atoms with van der Waals surface area (Å²) in [5.41, 5.74) is 3.78. The SMILES string of the molecule is CCNc1cc(C)ccc1C(=O)Nc1nc(C2CC2)cs1. The summed E-state index contributed by atoms with van der Waals surface area (Å²) in [5, 5.41) is 8.88. The van der Waals surface area contributed by atoms with Crippen molar-refractivity contribution < 1.29 is 4.79 Å². The highest BCUT2D eigenvalue weighted by atomic mass is 32.1. The van der Waals surface area contributed by atoms with Gasteiger partial charge in [0.1, 0.15) is 0 Å². The molecule has 1 aliphatic rings. The number of aromatic nitrogens is 1. The minimum Gasteiger partial charge on any atom is -0.385 e. The summed E-state index contributed by atoms with van der Waals surface area (Å²) in [5.74, 6) is 0.506. The highest BCUT2D eigenvalue weighted by Crippen LogP contribution is 2.40. The molecule has 0 spiro atoms. The zero-order chi connectivity index (χ0) is 14.8. The second kappa shape index (κ2) is 5.85. The molecular weight excluding hydrogens is 282 g/mol. The van der Waals surface area contributed by atoms with Crippen molar-refractivity contribution in [2.24, 2.45) is 0 Å². The van der Waals surface area contributed by atoms with Gasteiger partial charge in [0.2, 0.25) is 0 Å². The molecule has 0 atom stereocenters. The van der Waals surface area contributed by atoms with Gasteiger partial charge in [0.05, 0.1) is 11.3 Å². The van der Waals surface area contributed by atoms with E-state index in [-0.39, 0.29) is 5.91 Å². The molecule has 1 aromatic heterocycles. The van der Waals surface area contributed by atoms with Gasteiger partial charge >= 0.3 is 0 Å². The van der Waals surface area contributed by atoms with Crippen LogP contribution in [0.5, 0.6) is 0 Å². The molecule has 1 fully saturated rings. The number of nitrogens with zero attached hydrogens (tertiary/aromatic N) is 1. The van der Waals surface area contributed by atoms with Crippen molar-refractivity contribution in [1.82, 2.24) is 4.98 Å². The van der Waals surface area contributed by atoms with Crippen LogP contribution in [0.1, 0.15) is 47.3 Å². The number of aryl methyl sites for hydroxylation is 1. The molecule has 3 rings (SSSR count). The third-order valence-electron chi connectivity index (χ3n) is 3.52. The van der Waals surface area contributed by atoms with E-state index in [9.17, 15) is 4.79 Å². The van der Waals surface area contributed by atoms with Gasteiger partial charge in [-0.15, -0.1) is 11.3 Å². The molecule has 0 aliphatic heterocycles. The van der Waals surface area contributed by atoms with Crippen molar-refractivity contribution in [2.75, 3.05) is 17.2 Å². The largest absolute Gasteiger partial charge is 0.385 e. The number of rotatable bonds is 5. The number of hydrogen-bond acceptors (Lipinski definition) is 4. The Bertz CT molecular complexity index is 661. The van der Waals surface area contributed by atoms with Gasteiger partial charge in [0, 0.05) is 23.5 Å². The lowest BCUT2D eigenvalue weighted by Crippen LogP contribution is -2.15. The summed E-state index contributed by atoms with van der Waals surface area (Å²) in [4.78, 5) is 16.9. The highest BCUT2D eigenvalue weighted by molar-refractivity contribution is 7.14. The summed E-state index contributed by atoms with van der Waals surface area (Å²) < 4.78 is 0. The molecule has 1 saturated carbocycles. The number of carbonyl (C=O) groups excluding carboxylic acids is 1. The van der Waals surface area contributed by atoms with Crippen LogP contribution in [0.15, 0.2) is 23.6 Å². The summed E-state index contributed by atoms with van der Waals surface area (Å²) >= 11 is 1.50. The first-order chi connectivity index (χ1) is 10.2. The fourth-order valence-electron chi connectivity index (χ4n) is 2.27. The predicted octanol–water partition coefficient (Wildman–Crippen LogP) is 4.01. The maximum absolute atomic E-state index is 12.4. The van der Waals surface area contributed by atoms with E-state index >= 15 is 0 Å². The van der Waals surface area contributed by atoms with Gasteiger partial charge in [-0.3, -0.25) is 10.1 Å². The van der Waals surface area contributed by atoms with Crippen molar-refractivity contribution >= 4 is 28.1 Å². The average molecular weight is 301 g/mol. The van der Waals surface area contributed by atoms with Crippen LogP contribution in [-0.2, 0) is 0 Å². The van der Waals surface area contributed by atoms with Gasteiger partial charge in [-0.05, 0) is 44.4 Å². The molecule has 1 aliphatic carbocycles. The predicted molar refractivity (Wildman–Crippen MR) is 87.4 cm³/mol. The van der Waals surface area contributed by atoms with Crippen LogP contribution in [0, 0.1) is 6.92 Å². The molecule has 2 N–H and O–H groups in total. The average Bonchev–Trinajstić information content (AvgIpc) is 3.20. The van der Waals surface area contributed by atoms with E-state index in [2.05, 4.69) is 15.6 Å². The first-order valence-electron chi connectivity index (χ1n) is 7.28. The Morgan fingerprint density at radius 2 is 2.24 bits per heavy atom. The van der Waals surface area contributed by atoms with E-state index < -0.39 is 0 Å². The normalized spacial score (nSPS) is 14.0. The number of benzene rings is 1. The Balaban J connectivity index is 1.77. The van der Waals surface area contributed by atoms with Crippen LogP contribution in [0.2, 0.25) is 0 Å². The maximum Gasteiger partial charge on any atom is 0.259 e. The molecule has 0 bridgehead atoms. The van der Waals surface area contributed by atoms with Gasteiger partial charge < -0.3 is 5.32 Å². The number of carbonyl (C=O) groups is 1. The molecule has 5 heteroatoms. The number of anilines is 2.